The lowest BCUT2D eigenvalue weighted by Gasteiger charge is -1.90. The predicted octanol–water partition coefficient (Wildman–Crippen LogP) is 1.72. The first-order chi connectivity index (χ1) is 7.41. The summed E-state index contributed by atoms with van der Waals surface area (Å²) in [7, 11) is -3.52. The summed E-state index contributed by atoms with van der Waals surface area (Å²) in [5.41, 5.74) is 0. The lowest BCUT2D eigenvalue weighted by Crippen LogP contribution is -1.93. The molecule has 1 aromatic carbocycles. The van der Waals surface area contributed by atoms with Crippen LogP contribution in [0.5, 0.6) is 11.5 Å². The van der Waals surface area contributed by atoms with Crippen LogP contribution in [0.2, 0.25) is 0 Å². The van der Waals surface area contributed by atoms with E-state index < -0.39 is 10.1 Å². The largest absolute Gasteiger partial charge is 0.508 e. The molecule has 6 heteroatoms. The molecule has 1 aromatic rings. The van der Waals surface area contributed by atoms with Crippen LogP contribution in [0.3, 0.4) is 0 Å². The number of benzene rings is 1. The lowest BCUT2D eigenvalue weighted by atomic mass is 10.3. The van der Waals surface area contributed by atoms with Crippen LogP contribution in [0.25, 0.3) is 0 Å². The van der Waals surface area contributed by atoms with Gasteiger partial charge in [-0.15, -0.1) is 0 Å². The minimum absolute atomic E-state index is 0.0880. The van der Waals surface area contributed by atoms with E-state index in [1.54, 1.807) is 6.07 Å². The van der Waals surface area contributed by atoms with E-state index in [1.807, 2.05) is 0 Å². The molecule has 88 valence electrons. The van der Waals surface area contributed by atoms with Gasteiger partial charge in [-0.3, -0.25) is 0 Å². The van der Waals surface area contributed by atoms with E-state index in [4.69, 9.17) is 10.2 Å². The van der Waals surface area contributed by atoms with Gasteiger partial charge in [-0.05, 0) is 12.1 Å². The molecular weight excluding hydrogens is 232 g/mol. The molecule has 0 bridgehead atoms. The maximum absolute atomic E-state index is 10.2. The fourth-order valence-corrected chi connectivity index (χ4v) is 0.895. The summed E-state index contributed by atoms with van der Waals surface area (Å²) in [6, 6.07) is 5.85. The average molecular weight is 244 g/mol. The van der Waals surface area contributed by atoms with Gasteiger partial charge in [0.1, 0.15) is 11.5 Å². The molecule has 16 heavy (non-hydrogen) atoms. The molecule has 0 fully saturated rings. The van der Waals surface area contributed by atoms with Crippen LogP contribution in [0.15, 0.2) is 49.1 Å². The van der Waals surface area contributed by atoms with Crippen molar-refractivity contribution in [3.8, 4) is 11.5 Å². The summed E-state index contributed by atoms with van der Waals surface area (Å²) in [5.74, 6) is 0.176. The molecule has 0 aromatic heterocycles. The lowest BCUT2D eigenvalue weighted by molar-refractivity contribution is 0.450. The topological polar surface area (TPSA) is 83.8 Å². The SMILES string of the molecule is C=COS(=O)(=O)C=C.Oc1cccc(O)c1. The van der Waals surface area contributed by atoms with E-state index in [1.165, 1.54) is 18.2 Å². The van der Waals surface area contributed by atoms with Crippen molar-refractivity contribution >= 4 is 10.1 Å². The Morgan fingerprint density at radius 1 is 1.19 bits per heavy atom. The second kappa shape index (κ2) is 6.52. The van der Waals surface area contributed by atoms with Crippen molar-refractivity contribution in [3.05, 3.63) is 49.1 Å². The van der Waals surface area contributed by atoms with Crippen molar-refractivity contribution in [2.45, 2.75) is 0 Å². The van der Waals surface area contributed by atoms with Gasteiger partial charge in [0.15, 0.2) is 0 Å². The molecule has 0 aliphatic rings. The molecule has 0 unspecified atom stereocenters. The highest BCUT2D eigenvalue weighted by molar-refractivity contribution is 7.89. The van der Waals surface area contributed by atoms with Gasteiger partial charge >= 0.3 is 10.1 Å². The molecular formula is C10H12O5S. The van der Waals surface area contributed by atoms with E-state index >= 15 is 0 Å². The Hall–Kier alpha value is -1.95. The molecule has 0 amide bonds. The Morgan fingerprint density at radius 3 is 1.88 bits per heavy atom. The third-order valence-electron chi connectivity index (χ3n) is 1.24. The summed E-state index contributed by atoms with van der Waals surface area (Å²) < 4.78 is 24.4. The number of rotatable bonds is 3. The maximum Gasteiger partial charge on any atom is 0.331 e. The normalized spacial score (nSPS) is 9.50. The van der Waals surface area contributed by atoms with Gasteiger partial charge in [0.2, 0.25) is 0 Å². The Bertz CT molecular complexity index is 433. The molecule has 5 nitrogen and oxygen atoms in total. The van der Waals surface area contributed by atoms with Crippen molar-refractivity contribution < 1.29 is 22.8 Å². The zero-order chi connectivity index (χ0) is 12.6. The van der Waals surface area contributed by atoms with Gasteiger partial charge < -0.3 is 14.4 Å². The highest BCUT2D eigenvalue weighted by Crippen LogP contribution is 2.14. The number of hydrogen-bond acceptors (Lipinski definition) is 5. The minimum atomic E-state index is -3.52. The van der Waals surface area contributed by atoms with Crippen LogP contribution in [-0.4, -0.2) is 18.6 Å². The van der Waals surface area contributed by atoms with Gasteiger partial charge in [0.05, 0.1) is 11.7 Å². The van der Waals surface area contributed by atoms with E-state index in [-0.39, 0.29) is 11.5 Å². The van der Waals surface area contributed by atoms with E-state index in [0.717, 1.165) is 6.26 Å². The molecule has 0 saturated carbocycles. The first-order valence-electron chi connectivity index (χ1n) is 4.06. The summed E-state index contributed by atoms with van der Waals surface area (Å²) in [4.78, 5) is 0. The highest BCUT2D eigenvalue weighted by atomic mass is 32.2. The fraction of sp³-hybridized carbons (Fsp3) is 0. The molecule has 0 atom stereocenters. The predicted molar refractivity (Wildman–Crippen MR) is 60.2 cm³/mol. The molecule has 0 heterocycles. The summed E-state index contributed by atoms with van der Waals surface area (Å²) in [5, 5.41) is 18.0. The van der Waals surface area contributed by atoms with Crippen molar-refractivity contribution in [2.24, 2.45) is 0 Å². The summed E-state index contributed by atoms with van der Waals surface area (Å²) in [6.07, 6.45) is 0.830. The van der Waals surface area contributed by atoms with E-state index in [0.29, 0.717) is 5.41 Å². The van der Waals surface area contributed by atoms with Gasteiger partial charge in [0.25, 0.3) is 0 Å². The second-order valence-corrected chi connectivity index (χ2v) is 3.95. The maximum atomic E-state index is 10.2. The Morgan fingerprint density at radius 2 is 1.69 bits per heavy atom. The molecule has 1 rings (SSSR count). The smallest absolute Gasteiger partial charge is 0.331 e. The van der Waals surface area contributed by atoms with E-state index in [2.05, 4.69) is 17.3 Å². The summed E-state index contributed by atoms with van der Waals surface area (Å²) in [6.45, 7) is 6.03. The number of aromatic hydroxyl groups is 2. The molecule has 0 spiro atoms. The molecule has 0 aliphatic heterocycles. The van der Waals surface area contributed by atoms with Crippen molar-refractivity contribution in [2.75, 3.05) is 0 Å². The first kappa shape index (κ1) is 14.1. The fourth-order valence-electron chi connectivity index (χ4n) is 0.627. The number of hydrogen-bond donors (Lipinski definition) is 2. The third kappa shape index (κ3) is 6.50. The first-order valence-corrected chi connectivity index (χ1v) is 5.53. The minimum Gasteiger partial charge on any atom is -0.508 e. The third-order valence-corrected chi connectivity index (χ3v) is 2.05. The van der Waals surface area contributed by atoms with E-state index in [9.17, 15) is 8.42 Å². The quantitative estimate of drug-likeness (QED) is 0.624. The van der Waals surface area contributed by atoms with Gasteiger partial charge in [-0.25, -0.2) is 0 Å². The molecule has 0 radical (unpaired) electrons. The number of phenolic OH excluding ortho intramolecular Hbond substituents is 2. The molecule has 0 aliphatic carbocycles. The van der Waals surface area contributed by atoms with Crippen LogP contribution in [0.4, 0.5) is 0 Å². The zero-order valence-electron chi connectivity index (χ0n) is 8.41. The van der Waals surface area contributed by atoms with Gasteiger partial charge in [-0.1, -0.05) is 19.2 Å². The number of phenols is 2. The second-order valence-electron chi connectivity index (χ2n) is 2.44. The van der Waals surface area contributed by atoms with Gasteiger partial charge in [0, 0.05) is 6.07 Å². The monoisotopic (exact) mass is 244 g/mol. The zero-order valence-corrected chi connectivity index (χ0v) is 9.22. The van der Waals surface area contributed by atoms with Crippen LogP contribution in [0.1, 0.15) is 0 Å². The van der Waals surface area contributed by atoms with Crippen LogP contribution in [-0.2, 0) is 14.3 Å². The Kier molecular flexibility index (Phi) is 5.72. The van der Waals surface area contributed by atoms with Crippen molar-refractivity contribution in [1.82, 2.24) is 0 Å². The molecule has 2 N–H and O–H groups in total. The molecule has 0 saturated heterocycles. The van der Waals surface area contributed by atoms with Crippen LogP contribution >= 0.6 is 0 Å². The summed E-state index contributed by atoms with van der Waals surface area (Å²) >= 11 is 0. The average Bonchev–Trinajstić information content (AvgIpc) is 2.18. The Balaban J connectivity index is 0.000000281. The van der Waals surface area contributed by atoms with Crippen molar-refractivity contribution in [3.63, 3.8) is 0 Å². The van der Waals surface area contributed by atoms with Crippen LogP contribution in [0, 0.1) is 0 Å². The van der Waals surface area contributed by atoms with Crippen molar-refractivity contribution in [1.29, 1.82) is 0 Å². The Labute approximate surface area is 94.1 Å². The van der Waals surface area contributed by atoms with Crippen LogP contribution < -0.4 is 0 Å². The highest BCUT2D eigenvalue weighted by Gasteiger charge is 1.97. The van der Waals surface area contributed by atoms with Gasteiger partial charge in [-0.2, -0.15) is 8.42 Å². The standard InChI is InChI=1S/C6H6O2.C4H6O3S/c7-5-2-1-3-6(8)4-5;1-3-7-8(5,6)4-2/h1-4,7-8H;3-4H,1-2H2.